The highest BCUT2D eigenvalue weighted by molar-refractivity contribution is 6.01. The van der Waals surface area contributed by atoms with E-state index < -0.39 is 0 Å². The summed E-state index contributed by atoms with van der Waals surface area (Å²) in [6, 6.07) is 8.01. The second kappa shape index (κ2) is 5.79. The van der Waals surface area contributed by atoms with E-state index in [1.54, 1.807) is 0 Å². The van der Waals surface area contributed by atoms with E-state index in [4.69, 9.17) is 5.26 Å². The predicted octanol–water partition coefficient (Wildman–Crippen LogP) is 3.02. The van der Waals surface area contributed by atoms with Crippen LogP contribution in [0.3, 0.4) is 0 Å². The summed E-state index contributed by atoms with van der Waals surface area (Å²) >= 11 is 0. The van der Waals surface area contributed by atoms with Gasteiger partial charge in [0.15, 0.2) is 0 Å². The van der Waals surface area contributed by atoms with Crippen LogP contribution in [0.4, 0.5) is 11.5 Å². The SMILES string of the molecule is CCN(CC)c1ncc(N(C)C)c2cc(C#N)ccc12. The molecule has 0 aliphatic heterocycles. The number of pyridine rings is 1. The quantitative estimate of drug-likeness (QED) is 0.855. The molecule has 0 spiro atoms. The van der Waals surface area contributed by atoms with Crippen LogP contribution >= 0.6 is 0 Å². The largest absolute Gasteiger partial charge is 0.376 e. The van der Waals surface area contributed by atoms with Crippen molar-refractivity contribution < 1.29 is 0 Å². The first-order valence-electron chi connectivity index (χ1n) is 6.87. The van der Waals surface area contributed by atoms with Gasteiger partial charge in [-0.25, -0.2) is 4.98 Å². The Labute approximate surface area is 120 Å². The fourth-order valence-corrected chi connectivity index (χ4v) is 2.41. The minimum atomic E-state index is 0.678. The highest BCUT2D eigenvalue weighted by Crippen LogP contribution is 2.32. The van der Waals surface area contributed by atoms with Crippen LogP contribution in [0.15, 0.2) is 24.4 Å². The molecule has 0 unspecified atom stereocenters. The normalized spacial score (nSPS) is 10.3. The van der Waals surface area contributed by atoms with Crippen LogP contribution in [0.5, 0.6) is 0 Å². The van der Waals surface area contributed by atoms with Gasteiger partial charge in [0.1, 0.15) is 5.82 Å². The summed E-state index contributed by atoms with van der Waals surface area (Å²) in [5.41, 5.74) is 1.71. The first-order valence-corrected chi connectivity index (χ1v) is 6.87. The van der Waals surface area contributed by atoms with E-state index in [0.717, 1.165) is 35.4 Å². The van der Waals surface area contributed by atoms with Crippen LogP contribution in [-0.4, -0.2) is 32.2 Å². The Morgan fingerprint density at radius 3 is 2.40 bits per heavy atom. The van der Waals surface area contributed by atoms with Crippen LogP contribution in [0.2, 0.25) is 0 Å². The van der Waals surface area contributed by atoms with Gasteiger partial charge in [0.2, 0.25) is 0 Å². The summed E-state index contributed by atoms with van der Waals surface area (Å²) in [5, 5.41) is 11.3. The Kier molecular flexibility index (Phi) is 4.09. The van der Waals surface area contributed by atoms with Crippen molar-refractivity contribution in [2.24, 2.45) is 0 Å². The lowest BCUT2D eigenvalue weighted by Gasteiger charge is -2.24. The van der Waals surface area contributed by atoms with E-state index in [0.29, 0.717) is 5.56 Å². The van der Waals surface area contributed by atoms with Gasteiger partial charge in [-0.2, -0.15) is 5.26 Å². The third kappa shape index (κ3) is 2.39. The molecule has 0 saturated carbocycles. The number of fused-ring (bicyclic) bond motifs is 1. The van der Waals surface area contributed by atoms with Crippen molar-refractivity contribution in [3.63, 3.8) is 0 Å². The van der Waals surface area contributed by atoms with Gasteiger partial charge >= 0.3 is 0 Å². The molecule has 104 valence electrons. The fourth-order valence-electron chi connectivity index (χ4n) is 2.41. The van der Waals surface area contributed by atoms with Crippen LogP contribution in [-0.2, 0) is 0 Å². The molecular weight excluding hydrogens is 248 g/mol. The fraction of sp³-hybridized carbons (Fsp3) is 0.375. The molecule has 0 radical (unpaired) electrons. The molecule has 0 aliphatic carbocycles. The molecule has 0 amide bonds. The summed E-state index contributed by atoms with van der Waals surface area (Å²) in [7, 11) is 3.99. The molecule has 4 heteroatoms. The van der Waals surface area contributed by atoms with E-state index >= 15 is 0 Å². The summed E-state index contributed by atoms with van der Waals surface area (Å²) in [6.07, 6.45) is 1.89. The van der Waals surface area contributed by atoms with Crippen LogP contribution in [0.1, 0.15) is 19.4 Å². The molecule has 0 N–H and O–H groups in total. The zero-order chi connectivity index (χ0) is 14.7. The average Bonchev–Trinajstić information content (AvgIpc) is 2.47. The smallest absolute Gasteiger partial charge is 0.136 e. The Balaban J connectivity index is 2.76. The van der Waals surface area contributed by atoms with Crippen molar-refractivity contribution in [1.29, 1.82) is 5.26 Å². The van der Waals surface area contributed by atoms with Crippen molar-refractivity contribution in [3.05, 3.63) is 30.0 Å². The number of nitrogens with zero attached hydrogens (tertiary/aromatic N) is 4. The number of anilines is 2. The van der Waals surface area contributed by atoms with Crippen molar-refractivity contribution in [2.45, 2.75) is 13.8 Å². The van der Waals surface area contributed by atoms with Crippen LogP contribution in [0.25, 0.3) is 10.8 Å². The molecule has 2 aromatic rings. The number of hydrogen-bond acceptors (Lipinski definition) is 4. The third-order valence-corrected chi connectivity index (χ3v) is 3.52. The van der Waals surface area contributed by atoms with Gasteiger partial charge in [0.25, 0.3) is 0 Å². The number of aromatic nitrogens is 1. The van der Waals surface area contributed by atoms with Gasteiger partial charge < -0.3 is 9.80 Å². The molecular formula is C16H20N4. The first kappa shape index (κ1) is 14.1. The summed E-state index contributed by atoms with van der Waals surface area (Å²) in [4.78, 5) is 8.89. The van der Waals surface area contributed by atoms with Crippen LogP contribution in [0, 0.1) is 11.3 Å². The second-order valence-electron chi connectivity index (χ2n) is 4.91. The second-order valence-corrected chi connectivity index (χ2v) is 4.91. The number of nitriles is 1. The monoisotopic (exact) mass is 268 g/mol. The third-order valence-electron chi connectivity index (χ3n) is 3.52. The molecule has 4 nitrogen and oxygen atoms in total. The van der Waals surface area contributed by atoms with E-state index in [1.807, 2.05) is 43.4 Å². The van der Waals surface area contributed by atoms with Gasteiger partial charge in [-0.1, -0.05) is 0 Å². The molecule has 2 rings (SSSR count). The minimum Gasteiger partial charge on any atom is -0.376 e. The zero-order valence-electron chi connectivity index (χ0n) is 12.5. The lowest BCUT2D eigenvalue weighted by molar-refractivity contribution is 0.851. The molecule has 1 heterocycles. The molecule has 0 saturated heterocycles. The predicted molar refractivity (Wildman–Crippen MR) is 84.3 cm³/mol. The molecule has 0 aliphatic rings. The Morgan fingerprint density at radius 2 is 1.85 bits per heavy atom. The van der Waals surface area contributed by atoms with Gasteiger partial charge in [-0.15, -0.1) is 0 Å². The van der Waals surface area contributed by atoms with Gasteiger partial charge in [-0.3, -0.25) is 0 Å². The highest BCUT2D eigenvalue weighted by Gasteiger charge is 2.13. The minimum absolute atomic E-state index is 0.678. The van der Waals surface area contributed by atoms with Gasteiger partial charge in [0.05, 0.1) is 23.5 Å². The molecule has 0 atom stereocenters. The van der Waals surface area contributed by atoms with Gasteiger partial charge in [-0.05, 0) is 32.0 Å². The number of hydrogen-bond donors (Lipinski definition) is 0. The summed E-state index contributed by atoms with van der Waals surface area (Å²) in [5.74, 6) is 0.986. The van der Waals surface area contributed by atoms with Gasteiger partial charge in [0, 0.05) is 38.0 Å². The topological polar surface area (TPSA) is 43.2 Å². The average molecular weight is 268 g/mol. The van der Waals surface area contributed by atoms with E-state index in [1.165, 1.54) is 0 Å². The van der Waals surface area contributed by atoms with Crippen molar-refractivity contribution >= 4 is 22.3 Å². The van der Waals surface area contributed by atoms with E-state index in [-0.39, 0.29) is 0 Å². The molecule has 1 aromatic heterocycles. The Hall–Kier alpha value is -2.28. The maximum atomic E-state index is 9.11. The number of rotatable bonds is 4. The zero-order valence-corrected chi connectivity index (χ0v) is 12.5. The maximum Gasteiger partial charge on any atom is 0.136 e. The first-order chi connectivity index (χ1) is 9.62. The highest BCUT2D eigenvalue weighted by atomic mass is 15.2. The standard InChI is InChI=1S/C16H20N4/c1-5-20(6-2)16-13-8-7-12(10-17)9-14(13)15(11-18-16)19(3)4/h7-9,11H,5-6H2,1-4H3. The number of benzene rings is 1. The Morgan fingerprint density at radius 1 is 1.15 bits per heavy atom. The molecule has 0 bridgehead atoms. The molecule has 0 fully saturated rings. The van der Waals surface area contributed by atoms with Crippen LogP contribution < -0.4 is 9.80 Å². The van der Waals surface area contributed by atoms with Crippen molar-refractivity contribution in [1.82, 2.24) is 4.98 Å². The van der Waals surface area contributed by atoms with E-state index in [9.17, 15) is 0 Å². The molecule has 1 aromatic carbocycles. The Bertz CT molecular complexity index is 651. The summed E-state index contributed by atoms with van der Waals surface area (Å²) < 4.78 is 0. The molecule has 20 heavy (non-hydrogen) atoms. The van der Waals surface area contributed by atoms with E-state index in [2.05, 4.69) is 29.8 Å². The maximum absolute atomic E-state index is 9.11. The lowest BCUT2D eigenvalue weighted by atomic mass is 10.1. The summed E-state index contributed by atoms with van der Waals surface area (Å²) in [6.45, 7) is 6.08. The van der Waals surface area contributed by atoms with Crippen molar-refractivity contribution in [3.8, 4) is 6.07 Å². The lowest BCUT2D eigenvalue weighted by Crippen LogP contribution is -2.23. The van der Waals surface area contributed by atoms with Crippen molar-refractivity contribution in [2.75, 3.05) is 37.0 Å².